The Morgan fingerprint density at radius 1 is 1.06 bits per heavy atom. The van der Waals surface area contributed by atoms with E-state index in [9.17, 15) is 28.2 Å². The second-order valence-corrected chi connectivity index (χ2v) is 7.24. The van der Waals surface area contributed by atoms with Crippen molar-refractivity contribution < 1.29 is 32.9 Å². The van der Waals surface area contributed by atoms with Crippen molar-refractivity contribution in [1.29, 1.82) is 0 Å². The van der Waals surface area contributed by atoms with Crippen LogP contribution in [0.25, 0.3) is 0 Å². The first-order valence-electron chi connectivity index (χ1n) is 9.97. The van der Waals surface area contributed by atoms with Crippen LogP contribution in [0.1, 0.15) is 44.7 Å². The summed E-state index contributed by atoms with van der Waals surface area (Å²) in [5, 5.41) is 18.7. The summed E-state index contributed by atoms with van der Waals surface area (Å²) < 4.78 is 45.5. The van der Waals surface area contributed by atoms with Gasteiger partial charge in [0, 0.05) is 16.8 Å². The lowest BCUT2D eigenvalue weighted by Gasteiger charge is -2.10. The van der Waals surface area contributed by atoms with Gasteiger partial charge in [0.15, 0.2) is 0 Å². The molecule has 0 amide bonds. The lowest BCUT2D eigenvalue weighted by Crippen LogP contribution is -2.07. The van der Waals surface area contributed by atoms with Gasteiger partial charge in [-0.15, -0.1) is 0 Å². The van der Waals surface area contributed by atoms with Crippen LogP contribution in [-0.4, -0.2) is 27.8 Å². The zero-order valence-corrected chi connectivity index (χ0v) is 17.6. The first-order chi connectivity index (χ1) is 15.6. The highest BCUT2D eigenvalue weighted by Crippen LogP contribution is 2.33. The van der Waals surface area contributed by atoms with Crippen LogP contribution in [0.2, 0.25) is 0 Å². The first-order valence-corrected chi connectivity index (χ1v) is 9.97. The standard InChI is InChI=1S/C25H20F3NO4/c1-16-4-11-22(15-29-16)33-12-2-3-19-13-20(24(31)32)8-6-17(19)5-7-18-9-10-21(30)14-23(18)25(26,27)28/h4,6,8-11,13-15,30H,2-3,12H2,1H3,(H,31,32). The van der Waals surface area contributed by atoms with Crippen molar-refractivity contribution in [3.05, 3.63) is 88.2 Å². The predicted molar refractivity (Wildman–Crippen MR) is 115 cm³/mol. The highest BCUT2D eigenvalue weighted by molar-refractivity contribution is 5.88. The van der Waals surface area contributed by atoms with Crippen LogP contribution in [0.4, 0.5) is 13.2 Å². The Morgan fingerprint density at radius 3 is 2.45 bits per heavy atom. The summed E-state index contributed by atoms with van der Waals surface area (Å²) in [6.45, 7) is 2.20. The molecule has 5 nitrogen and oxygen atoms in total. The van der Waals surface area contributed by atoms with E-state index in [1.165, 1.54) is 18.2 Å². The van der Waals surface area contributed by atoms with Gasteiger partial charge in [-0.2, -0.15) is 13.2 Å². The molecular weight excluding hydrogens is 435 g/mol. The van der Waals surface area contributed by atoms with E-state index in [2.05, 4.69) is 16.8 Å². The molecule has 8 heteroatoms. The molecule has 0 saturated carbocycles. The largest absolute Gasteiger partial charge is 0.508 e. The number of carboxylic acids is 1. The SMILES string of the molecule is Cc1ccc(OCCCc2cc(C(=O)O)ccc2C#Cc2ccc(O)cc2C(F)(F)F)cn1. The second kappa shape index (κ2) is 10.1. The molecule has 0 atom stereocenters. The lowest BCUT2D eigenvalue weighted by molar-refractivity contribution is -0.137. The van der Waals surface area contributed by atoms with Crippen LogP contribution in [-0.2, 0) is 12.6 Å². The molecular formula is C25H20F3NO4. The van der Waals surface area contributed by atoms with Gasteiger partial charge in [-0.25, -0.2) is 4.79 Å². The molecule has 0 radical (unpaired) electrons. The van der Waals surface area contributed by atoms with Crippen LogP contribution in [0.3, 0.4) is 0 Å². The van der Waals surface area contributed by atoms with Gasteiger partial charge in [0.25, 0.3) is 0 Å². The van der Waals surface area contributed by atoms with Gasteiger partial charge >= 0.3 is 12.1 Å². The van der Waals surface area contributed by atoms with Crippen LogP contribution >= 0.6 is 0 Å². The number of aromatic hydroxyl groups is 1. The number of carboxylic acid groups (broad SMARTS) is 1. The molecule has 0 unspecified atom stereocenters. The zero-order chi connectivity index (χ0) is 24.0. The van der Waals surface area contributed by atoms with Gasteiger partial charge in [-0.3, -0.25) is 4.98 Å². The van der Waals surface area contributed by atoms with Gasteiger partial charge < -0.3 is 14.9 Å². The number of hydrogen-bond donors (Lipinski definition) is 2. The number of aryl methyl sites for hydroxylation is 2. The Labute approximate surface area is 188 Å². The summed E-state index contributed by atoms with van der Waals surface area (Å²) in [6.07, 6.45) is -2.14. The third-order valence-electron chi connectivity index (χ3n) is 4.74. The van der Waals surface area contributed by atoms with Gasteiger partial charge in [0.2, 0.25) is 0 Å². The molecule has 1 heterocycles. The highest BCUT2D eigenvalue weighted by Gasteiger charge is 2.33. The Morgan fingerprint density at radius 2 is 1.79 bits per heavy atom. The number of pyridine rings is 1. The molecule has 0 saturated heterocycles. The number of hydrogen-bond acceptors (Lipinski definition) is 4. The molecule has 0 aliphatic carbocycles. The average molecular weight is 455 g/mol. The fraction of sp³-hybridized carbons (Fsp3) is 0.200. The summed E-state index contributed by atoms with van der Waals surface area (Å²) in [6, 6.07) is 10.7. The molecule has 0 aliphatic rings. The van der Waals surface area contributed by atoms with Gasteiger partial charge in [0.1, 0.15) is 11.5 Å². The molecule has 3 aromatic rings. The monoisotopic (exact) mass is 455 g/mol. The third kappa shape index (κ3) is 6.50. The van der Waals surface area contributed by atoms with Crippen molar-refractivity contribution in [1.82, 2.24) is 4.98 Å². The molecule has 2 aromatic carbocycles. The fourth-order valence-corrected chi connectivity index (χ4v) is 3.06. The van der Waals surface area contributed by atoms with Gasteiger partial charge in [0.05, 0.1) is 23.9 Å². The van der Waals surface area contributed by atoms with Gasteiger partial charge in [-0.1, -0.05) is 11.8 Å². The Kier molecular flexibility index (Phi) is 7.23. The maximum Gasteiger partial charge on any atom is 0.417 e. The van der Waals surface area contributed by atoms with E-state index in [1.54, 1.807) is 12.3 Å². The van der Waals surface area contributed by atoms with E-state index in [1.807, 2.05) is 13.0 Å². The number of carbonyl (C=O) groups is 1. The Bertz CT molecular complexity index is 1210. The zero-order valence-electron chi connectivity index (χ0n) is 17.6. The van der Waals surface area contributed by atoms with E-state index in [0.29, 0.717) is 42.4 Å². The quantitative estimate of drug-likeness (QED) is 0.393. The highest BCUT2D eigenvalue weighted by atomic mass is 19.4. The molecule has 2 N–H and O–H groups in total. The van der Waals surface area contributed by atoms with E-state index < -0.39 is 23.5 Å². The second-order valence-electron chi connectivity index (χ2n) is 7.24. The van der Waals surface area contributed by atoms with Crippen LogP contribution in [0.5, 0.6) is 11.5 Å². The van der Waals surface area contributed by atoms with Crippen molar-refractivity contribution in [3.8, 4) is 23.3 Å². The third-order valence-corrected chi connectivity index (χ3v) is 4.74. The average Bonchev–Trinajstić information content (AvgIpc) is 2.76. The Hall–Kier alpha value is -3.99. The number of halogens is 3. The number of phenolic OH excluding ortho intramolecular Hbond substituents is 1. The fourth-order valence-electron chi connectivity index (χ4n) is 3.06. The number of ether oxygens (including phenoxy) is 1. The number of aromatic carboxylic acids is 1. The number of benzene rings is 2. The number of rotatable bonds is 6. The van der Waals surface area contributed by atoms with Crippen molar-refractivity contribution >= 4 is 5.97 Å². The number of aromatic nitrogens is 1. The molecule has 33 heavy (non-hydrogen) atoms. The van der Waals surface area contributed by atoms with Crippen molar-refractivity contribution in [3.63, 3.8) is 0 Å². The van der Waals surface area contributed by atoms with E-state index >= 15 is 0 Å². The van der Waals surface area contributed by atoms with Gasteiger partial charge in [-0.05, 0) is 73.9 Å². The van der Waals surface area contributed by atoms with Crippen LogP contribution in [0.15, 0.2) is 54.7 Å². The van der Waals surface area contributed by atoms with Crippen molar-refractivity contribution in [2.24, 2.45) is 0 Å². The van der Waals surface area contributed by atoms with E-state index in [-0.39, 0.29) is 11.1 Å². The molecule has 0 fully saturated rings. The molecule has 0 bridgehead atoms. The summed E-state index contributed by atoms with van der Waals surface area (Å²) in [5.41, 5.74) is 0.583. The minimum absolute atomic E-state index is 0.0554. The lowest BCUT2D eigenvalue weighted by atomic mass is 9.99. The summed E-state index contributed by atoms with van der Waals surface area (Å²) in [7, 11) is 0. The predicted octanol–water partition coefficient (Wildman–Crippen LogP) is 5.22. The smallest absolute Gasteiger partial charge is 0.417 e. The number of nitrogens with zero attached hydrogens (tertiary/aromatic N) is 1. The normalized spacial score (nSPS) is 10.9. The molecule has 0 aliphatic heterocycles. The number of alkyl halides is 3. The Balaban J connectivity index is 1.82. The summed E-state index contributed by atoms with van der Waals surface area (Å²) >= 11 is 0. The van der Waals surface area contributed by atoms with E-state index in [0.717, 1.165) is 17.8 Å². The summed E-state index contributed by atoms with van der Waals surface area (Å²) in [5.74, 6) is 4.20. The van der Waals surface area contributed by atoms with Crippen LogP contribution in [0, 0.1) is 18.8 Å². The summed E-state index contributed by atoms with van der Waals surface area (Å²) in [4.78, 5) is 15.5. The molecule has 0 spiro atoms. The topological polar surface area (TPSA) is 79.7 Å². The van der Waals surface area contributed by atoms with Crippen molar-refractivity contribution in [2.75, 3.05) is 6.61 Å². The van der Waals surface area contributed by atoms with Crippen LogP contribution < -0.4 is 4.74 Å². The molecule has 3 rings (SSSR count). The van der Waals surface area contributed by atoms with Crippen molar-refractivity contribution in [2.45, 2.75) is 25.9 Å². The molecule has 1 aromatic heterocycles. The maximum atomic E-state index is 13.3. The number of phenols is 1. The molecule has 170 valence electrons. The first kappa shape index (κ1) is 23.7. The van der Waals surface area contributed by atoms with E-state index in [4.69, 9.17) is 4.74 Å². The maximum absolute atomic E-state index is 13.3. The minimum atomic E-state index is -4.68. The minimum Gasteiger partial charge on any atom is -0.508 e.